The number of methoxy groups -OCH3 is 1. The Balaban J connectivity index is 2.48. The molecule has 94 valence electrons. The maximum atomic E-state index is 13.8. The predicted molar refractivity (Wildman–Crippen MR) is 77.9 cm³/mol. The van der Waals surface area contributed by atoms with Gasteiger partial charge in [0, 0.05) is 15.6 Å². The third-order valence-corrected chi connectivity index (χ3v) is 4.12. The van der Waals surface area contributed by atoms with Gasteiger partial charge in [-0.25, -0.2) is 4.39 Å². The highest BCUT2D eigenvalue weighted by Gasteiger charge is 2.18. The van der Waals surface area contributed by atoms with E-state index < -0.39 is 0 Å². The monoisotopic (exact) mass is 372 g/mol. The van der Waals surface area contributed by atoms with Gasteiger partial charge in [-0.3, -0.25) is 0 Å². The van der Waals surface area contributed by atoms with E-state index >= 15 is 0 Å². The normalized spacial score (nSPS) is 12.2. The van der Waals surface area contributed by atoms with E-state index in [2.05, 4.69) is 31.9 Å². The van der Waals surface area contributed by atoms with Crippen LogP contribution in [0.15, 0.2) is 46.9 Å². The van der Waals surface area contributed by atoms with Crippen LogP contribution in [-0.4, -0.2) is 7.11 Å². The highest BCUT2D eigenvalue weighted by molar-refractivity contribution is 9.10. The highest BCUT2D eigenvalue weighted by atomic mass is 79.9. The van der Waals surface area contributed by atoms with Gasteiger partial charge in [-0.1, -0.05) is 50.1 Å². The van der Waals surface area contributed by atoms with Gasteiger partial charge >= 0.3 is 0 Å². The Morgan fingerprint density at radius 2 is 1.83 bits per heavy atom. The summed E-state index contributed by atoms with van der Waals surface area (Å²) in [4.78, 5) is -0.244. The van der Waals surface area contributed by atoms with Crippen molar-refractivity contribution in [1.29, 1.82) is 0 Å². The molecule has 0 aromatic heterocycles. The minimum atomic E-state index is -0.244. The van der Waals surface area contributed by atoms with Crippen LogP contribution in [-0.2, 0) is 0 Å². The van der Waals surface area contributed by atoms with Gasteiger partial charge in [0.05, 0.1) is 11.9 Å². The molecule has 0 heterocycles. The van der Waals surface area contributed by atoms with E-state index in [1.165, 1.54) is 6.07 Å². The van der Waals surface area contributed by atoms with E-state index in [0.717, 1.165) is 15.8 Å². The van der Waals surface area contributed by atoms with E-state index in [0.29, 0.717) is 5.56 Å². The van der Waals surface area contributed by atoms with Gasteiger partial charge in [-0.05, 0) is 24.3 Å². The van der Waals surface area contributed by atoms with Gasteiger partial charge in [0.15, 0.2) is 0 Å². The van der Waals surface area contributed by atoms with Crippen molar-refractivity contribution in [3.8, 4) is 5.75 Å². The summed E-state index contributed by atoms with van der Waals surface area (Å²) in [6, 6.07) is 12.4. The zero-order valence-corrected chi connectivity index (χ0v) is 12.8. The topological polar surface area (TPSA) is 9.23 Å². The molecule has 2 aromatic rings. The Kier molecular flexibility index (Phi) is 4.40. The number of halogens is 3. The summed E-state index contributed by atoms with van der Waals surface area (Å²) >= 11 is 6.94. The molecule has 0 spiro atoms. The molecule has 0 radical (unpaired) electrons. The third kappa shape index (κ3) is 2.75. The zero-order chi connectivity index (χ0) is 13.1. The maximum Gasteiger partial charge on any atom is 0.127 e. The lowest BCUT2D eigenvalue weighted by atomic mass is 10.0. The Hall–Kier alpha value is -0.870. The summed E-state index contributed by atoms with van der Waals surface area (Å²) in [5.41, 5.74) is 1.48. The van der Waals surface area contributed by atoms with Crippen LogP contribution in [0.4, 0.5) is 4.39 Å². The number of hydrogen-bond acceptors (Lipinski definition) is 1. The van der Waals surface area contributed by atoms with Crippen molar-refractivity contribution in [3.63, 3.8) is 0 Å². The molecule has 2 aromatic carbocycles. The summed E-state index contributed by atoms with van der Waals surface area (Å²) in [7, 11) is 1.60. The molecule has 2 rings (SSSR count). The van der Waals surface area contributed by atoms with E-state index in [-0.39, 0.29) is 10.6 Å². The van der Waals surface area contributed by atoms with Crippen LogP contribution in [0, 0.1) is 5.82 Å². The van der Waals surface area contributed by atoms with Gasteiger partial charge in [0.1, 0.15) is 11.6 Å². The van der Waals surface area contributed by atoms with Crippen LogP contribution in [0.2, 0.25) is 0 Å². The summed E-state index contributed by atoms with van der Waals surface area (Å²) in [6.45, 7) is 0. The third-order valence-electron chi connectivity index (χ3n) is 2.64. The first-order valence-electron chi connectivity index (χ1n) is 5.35. The lowest BCUT2D eigenvalue weighted by molar-refractivity contribution is 0.410. The molecule has 0 aliphatic heterocycles. The number of hydrogen-bond donors (Lipinski definition) is 0. The molecule has 0 amide bonds. The smallest absolute Gasteiger partial charge is 0.127 e. The molecular weight excluding hydrogens is 363 g/mol. The van der Waals surface area contributed by atoms with Crippen molar-refractivity contribution in [2.45, 2.75) is 4.83 Å². The van der Waals surface area contributed by atoms with Crippen LogP contribution in [0.5, 0.6) is 5.75 Å². The number of rotatable bonds is 3. The van der Waals surface area contributed by atoms with Crippen molar-refractivity contribution < 1.29 is 9.13 Å². The van der Waals surface area contributed by atoms with E-state index in [1.807, 2.05) is 24.3 Å². The van der Waals surface area contributed by atoms with Gasteiger partial charge in [-0.15, -0.1) is 0 Å². The predicted octanol–water partition coefficient (Wildman–Crippen LogP) is 5.08. The van der Waals surface area contributed by atoms with Gasteiger partial charge in [-0.2, -0.15) is 0 Å². The quantitative estimate of drug-likeness (QED) is 0.681. The number of alkyl halides is 1. The van der Waals surface area contributed by atoms with Crippen LogP contribution in [0.1, 0.15) is 16.0 Å². The average molecular weight is 374 g/mol. The number of ether oxygens (including phenoxy) is 1. The van der Waals surface area contributed by atoms with E-state index in [4.69, 9.17) is 4.74 Å². The molecule has 18 heavy (non-hydrogen) atoms. The summed E-state index contributed by atoms with van der Waals surface area (Å²) < 4.78 is 20.0. The van der Waals surface area contributed by atoms with Crippen molar-refractivity contribution in [1.82, 2.24) is 0 Å². The highest BCUT2D eigenvalue weighted by Crippen LogP contribution is 2.38. The second kappa shape index (κ2) is 5.85. The molecule has 0 saturated heterocycles. The van der Waals surface area contributed by atoms with Crippen molar-refractivity contribution in [2.24, 2.45) is 0 Å². The molecule has 0 saturated carbocycles. The molecule has 0 fully saturated rings. The fourth-order valence-corrected chi connectivity index (χ4v) is 2.86. The molecular formula is C14H11Br2FO. The lowest BCUT2D eigenvalue weighted by Crippen LogP contribution is -1.99. The molecule has 1 unspecified atom stereocenters. The van der Waals surface area contributed by atoms with E-state index in [1.54, 1.807) is 19.2 Å². The first-order valence-corrected chi connectivity index (χ1v) is 7.06. The SMILES string of the molecule is COc1ccc(Br)cc1C(Br)c1ccccc1F. The van der Waals surface area contributed by atoms with Crippen LogP contribution >= 0.6 is 31.9 Å². The first-order chi connectivity index (χ1) is 8.63. The Morgan fingerprint density at radius 3 is 2.50 bits per heavy atom. The largest absolute Gasteiger partial charge is 0.496 e. The minimum Gasteiger partial charge on any atom is -0.496 e. The maximum absolute atomic E-state index is 13.8. The summed E-state index contributed by atoms with van der Waals surface area (Å²) in [5.74, 6) is 0.490. The summed E-state index contributed by atoms with van der Waals surface area (Å²) in [6.07, 6.45) is 0. The Bertz CT molecular complexity index is 557. The molecule has 0 aliphatic rings. The molecule has 0 aliphatic carbocycles. The standard InChI is InChI=1S/C14H11Br2FO/c1-18-13-7-6-9(15)8-11(13)14(16)10-4-2-3-5-12(10)17/h2-8,14H,1H3. The fourth-order valence-electron chi connectivity index (χ4n) is 1.75. The number of benzene rings is 2. The Labute approximate surface area is 122 Å². The van der Waals surface area contributed by atoms with Gasteiger partial charge < -0.3 is 4.74 Å². The van der Waals surface area contributed by atoms with Gasteiger partial charge in [0.2, 0.25) is 0 Å². The molecule has 0 bridgehead atoms. The first kappa shape index (κ1) is 13.6. The van der Waals surface area contributed by atoms with E-state index in [9.17, 15) is 4.39 Å². The van der Waals surface area contributed by atoms with Crippen molar-refractivity contribution >= 4 is 31.9 Å². The van der Waals surface area contributed by atoms with Crippen LogP contribution < -0.4 is 4.74 Å². The van der Waals surface area contributed by atoms with Gasteiger partial charge in [0.25, 0.3) is 0 Å². The average Bonchev–Trinajstić information content (AvgIpc) is 2.38. The van der Waals surface area contributed by atoms with Crippen LogP contribution in [0.3, 0.4) is 0 Å². The summed E-state index contributed by atoms with van der Waals surface area (Å²) in [5, 5.41) is 0. The second-order valence-electron chi connectivity index (χ2n) is 3.77. The molecule has 1 nitrogen and oxygen atoms in total. The minimum absolute atomic E-state index is 0.235. The second-order valence-corrected chi connectivity index (χ2v) is 5.60. The molecule has 0 N–H and O–H groups in total. The van der Waals surface area contributed by atoms with Crippen molar-refractivity contribution in [2.75, 3.05) is 7.11 Å². The Morgan fingerprint density at radius 1 is 1.11 bits per heavy atom. The van der Waals surface area contributed by atoms with Crippen molar-refractivity contribution in [3.05, 3.63) is 63.9 Å². The molecule has 4 heteroatoms. The fraction of sp³-hybridized carbons (Fsp3) is 0.143. The zero-order valence-electron chi connectivity index (χ0n) is 9.66. The lowest BCUT2D eigenvalue weighted by Gasteiger charge is -2.15. The van der Waals surface area contributed by atoms with Crippen LogP contribution in [0.25, 0.3) is 0 Å². The molecule has 1 atom stereocenters.